The molecule has 1 aliphatic carbocycles. The topological polar surface area (TPSA) is 12.0 Å². The van der Waals surface area contributed by atoms with Gasteiger partial charge in [-0.1, -0.05) is 46.3 Å². The Kier molecular flexibility index (Phi) is 3.61. The van der Waals surface area contributed by atoms with Crippen molar-refractivity contribution >= 4 is 21.6 Å². The molecule has 0 atom stereocenters. The number of aryl methyl sites for hydroxylation is 1. The second-order valence-electron chi connectivity index (χ2n) is 5.40. The Morgan fingerprint density at radius 2 is 1.84 bits per heavy atom. The maximum absolute atomic E-state index is 3.65. The van der Waals surface area contributed by atoms with E-state index >= 15 is 0 Å². The lowest BCUT2D eigenvalue weighted by Gasteiger charge is -2.37. The second-order valence-corrected chi connectivity index (χ2v) is 6.25. The van der Waals surface area contributed by atoms with E-state index in [9.17, 15) is 0 Å². The largest absolute Gasteiger partial charge is 0.382 e. The molecule has 0 radical (unpaired) electrons. The molecule has 0 bridgehead atoms. The molecule has 1 nitrogen and oxygen atoms in total. The van der Waals surface area contributed by atoms with Crippen LogP contribution < -0.4 is 5.32 Å². The van der Waals surface area contributed by atoms with Crippen molar-refractivity contribution in [2.75, 3.05) is 5.32 Å². The van der Waals surface area contributed by atoms with Gasteiger partial charge >= 0.3 is 0 Å². The number of anilines is 1. The zero-order valence-corrected chi connectivity index (χ0v) is 12.7. The lowest BCUT2D eigenvalue weighted by molar-refractivity contribution is 0.373. The minimum absolute atomic E-state index is 0.610. The lowest BCUT2D eigenvalue weighted by Crippen LogP contribution is -2.34. The number of hydrogen-bond donors (Lipinski definition) is 1. The monoisotopic (exact) mass is 315 g/mol. The van der Waals surface area contributed by atoms with E-state index in [1.807, 2.05) is 0 Å². The van der Waals surface area contributed by atoms with Gasteiger partial charge in [-0.25, -0.2) is 0 Å². The van der Waals surface area contributed by atoms with E-state index < -0.39 is 0 Å². The van der Waals surface area contributed by atoms with Gasteiger partial charge in [-0.3, -0.25) is 0 Å². The van der Waals surface area contributed by atoms with Gasteiger partial charge in [0.2, 0.25) is 0 Å². The Balaban J connectivity index is 1.60. The van der Waals surface area contributed by atoms with Gasteiger partial charge in [-0.05, 0) is 55.0 Å². The summed E-state index contributed by atoms with van der Waals surface area (Å²) in [6, 6.07) is 17.8. The van der Waals surface area contributed by atoms with Crippen molar-refractivity contribution in [3.05, 3.63) is 64.1 Å². The van der Waals surface area contributed by atoms with Gasteiger partial charge in [-0.2, -0.15) is 0 Å². The van der Waals surface area contributed by atoms with E-state index in [2.05, 4.69) is 76.7 Å². The van der Waals surface area contributed by atoms with Crippen molar-refractivity contribution in [2.24, 2.45) is 0 Å². The maximum Gasteiger partial charge on any atom is 0.0344 e. The first-order chi connectivity index (χ1) is 9.22. The molecule has 0 aromatic heterocycles. The Labute approximate surface area is 123 Å². The number of benzene rings is 2. The molecule has 2 heteroatoms. The molecule has 2 aromatic carbocycles. The molecule has 0 amide bonds. The molecule has 19 heavy (non-hydrogen) atoms. The average Bonchev–Trinajstić information content (AvgIpc) is 2.35. The molecule has 0 saturated heterocycles. The number of hydrogen-bond acceptors (Lipinski definition) is 1. The normalized spacial score (nSPS) is 21.8. The third-order valence-corrected chi connectivity index (χ3v) is 4.59. The van der Waals surface area contributed by atoms with Gasteiger partial charge in [0.15, 0.2) is 0 Å². The first-order valence-corrected chi connectivity index (χ1v) is 7.59. The standard InChI is InChI=1S/C17H18BrN/c1-12-5-4-6-14(9-12)19-15-10-13(11-15)16-7-2-3-8-17(16)18/h2-9,13,15,19H,10-11H2,1H3. The lowest BCUT2D eigenvalue weighted by atomic mass is 9.76. The molecule has 1 N–H and O–H groups in total. The van der Waals surface area contributed by atoms with Crippen LogP contribution in [0.15, 0.2) is 53.0 Å². The summed E-state index contributed by atoms with van der Waals surface area (Å²) in [5.74, 6) is 0.692. The van der Waals surface area contributed by atoms with Crippen molar-refractivity contribution in [1.29, 1.82) is 0 Å². The molecule has 1 saturated carbocycles. The molecule has 0 heterocycles. The van der Waals surface area contributed by atoms with Crippen LogP contribution in [0.3, 0.4) is 0 Å². The van der Waals surface area contributed by atoms with Gasteiger partial charge in [0.1, 0.15) is 0 Å². The Morgan fingerprint density at radius 3 is 2.58 bits per heavy atom. The fourth-order valence-corrected chi connectivity index (χ4v) is 3.37. The predicted molar refractivity (Wildman–Crippen MR) is 84.7 cm³/mol. The van der Waals surface area contributed by atoms with Crippen LogP contribution in [0.4, 0.5) is 5.69 Å². The van der Waals surface area contributed by atoms with Crippen molar-refractivity contribution in [3.63, 3.8) is 0 Å². The highest BCUT2D eigenvalue weighted by atomic mass is 79.9. The van der Waals surface area contributed by atoms with Crippen LogP contribution >= 0.6 is 15.9 Å². The highest BCUT2D eigenvalue weighted by molar-refractivity contribution is 9.10. The molecule has 0 unspecified atom stereocenters. The highest BCUT2D eigenvalue weighted by Gasteiger charge is 2.31. The van der Waals surface area contributed by atoms with E-state index in [0.29, 0.717) is 12.0 Å². The summed E-state index contributed by atoms with van der Waals surface area (Å²) in [5.41, 5.74) is 4.01. The van der Waals surface area contributed by atoms with Gasteiger partial charge in [0.25, 0.3) is 0 Å². The molecule has 0 spiro atoms. The minimum Gasteiger partial charge on any atom is -0.382 e. The van der Waals surface area contributed by atoms with E-state index in [-0.39, 0.29) is 0 Å². The first-order valence-electron chi connectivity index (χ1n) is 6.80. The fraction of sp³-hybridized carbons (Fsp3) is 0.294. The zero-order chi connectivity index (χ0) is 13.2. The SMILES string of the molecule is Cc1cccc(NC2CC(c3ccccc3Br)C2)c1. The molecule has 1 aliphatic rings. The Bertz CT molecular complexity index is 573. The zero-order valence-electron chi connectivity index (χ0n) is 11.1. The molecule has 1 fully saturated rings. The Hall–Kier alpha value is -1.28. The highest BCUT2D eigenvalue weighted by Crippen LogP contribution is 2.41. The third-order valence-electron chi connectivity index (χ3n) is 3.87. The predicted octanol–water partition coefficient (Wildman–Crippen LogP) is 5.12. The number of halogens is 1. The summed E-state index contributed by atoms with van der Waals surface area (Å²) < 4.78 is 1.24. The molecule has 2 aromatic rings. The summed E-state index contributed by atoms with van der Waals surface area (Å²) in [6.45, 7) is 2.13. The quantitative estimate of drug-likeness (QED) is 0.829. The molecular weight excluding hydrogens is 298 g/mol. The minimum atomic E-state index is 0.610. The van der Waals surface area contributed by atoms with Crippen molar-refractivity contribution in [2.45, 2.75) is 31.7 Å². The van der Waals surface area contributed by atoms with Crippen LogP contribution in [-0.2, 0) is 0 Å². The summed E-state index contributed by atoms with van der Waals surface area (Å²) in [5, 5.41) is 3.62. The average molecular weight is 316 g/mol. The van der Waals surface area contributed by atoms with Crippen LogP contribution in [0.25, 0.3) is 0 Å². The van der Waals surface area contributed by atoms with Gasteiger partial charge in [0, 0.05) is 16.2 Å². The summed E-state index contributed by atoms with van der Waals surface area (Å²) >= 11 is 3.65. The van der Waals surface area contributed by atoms with Gasteiger partial charge < -0.3 is 5.32 Å². The molecule has 3 rings (SSSR count). The van der Waals surface area contributed by atoms with Crippen LogP contribution in [0.5, 0.6) is 0 Å². The van der Waals surface area contributed by atoms with E-state index in [4.69, 9.17) is 0 Å². The molecular formula is C17H18BrN. The summed E-state index contributed by atoms with van der Waals surface area (Å²) in [4.78, 5) is 0. The Morgan fingerprint density at radius 1 is 1.05 bits per heavy atom. The summed E-state index contributed by atoms with van der Waals surface area (Å²) in [6.07, 6.45) is 2.44. The van der Waals surface area contributed by atoms with E-state index in [1.165, 1.54) is 34.1 Å². The molecule has 0 aliphatic heterocycles. The van der Waals surface area contributed by atoms with Gasteiger partial charge in [-0.15, -0.1) is 0 Å². The van der Waals surface area contributed by atoms with Crippen molar-refractivity contribution in [1.82, 2.24) is 0 Å². The maximum atomic E-state index is 3.65. The number of nitrogens with one attached hydrogen (secondary N) is 1. The van der Waals surface area contributed by atoms with E-state index in [0.717, 1.165) is 0 Å². The number of rotatable bonds is 3. The summed E-state index contributed by atoms with van der Waals surface area (Å²) in [7, 11) is 0. The van der Waals surface area contributed by atoms with Crippen LogP contribution in [0, 0.1) is 6.92 Å². The second kappa shape index (κ2) is 5.38. The smallest absolute Gasteiger partial charge is 0.0344 e. The van der Waals surface area contributed by atoms with Crippen molar-refractivity contribution < 1.29 is 0 Å². The first kappa shape index (κ1) is 12.7. The molecule has 98 valence electrons. The van der Waals surface area contributed by atoms with Crippen LogP contribution in [0.2, 0.25) is 0 Å². The van der Waals surface area contributed by atoms with Crippen molar-refractivity contribution in [3.8, 4) is 0 Å². The van der Waals surface area contributed by atoms with Gasteiger partial charge in [0.05, 0.1) is 0 Å². The van der Waals surface area contributed by atoms with E-state index in [1.54, 1.807) is 0 Å². The fourth-order valence-electron chi connectivity index (χ4n) is 2.77. The van der Waals surface area contributed by atoms with Crippen LogP contribution in [-0.4, -0.2) is 6.04 Å². The third kappa shape index (κ3) is 2.84. The van der Waals surface area contributed by atoms with Crippen LogP contribution in [0.1, 0.15) is 29.9 Å².